The van der Waals surface area contributed by atoms with Crippen LogP contribution in [0.5, 0.6) is 0 Å². The van der Waals surface area contributed by atoms with Gasteiger partial charge in [0.05, 0.1) is 3.74 Å². The Morgan fingerprint density at radius 3 is 2.62 bits per heavy atom. The van der Waals surface area contributed by atoms with Gasteiger partial charge in [0.25, 0.3) is 0 Å². The third-order valence-corrected chi connectivity index (χ3v) is 4.47. The molecule has 13 heavy (non-hydrogen) atoms. The minimum absolute atomic E-state index is 0.231. The van der Waals surface area contributed by atoms with E-state index in [9.17, 15) is 0 Å². The molecule has 0 saturated carbocycles. The fourth-order valence-corrected chi connectivity index (χ4v) is 3.85. The maximum absolute atomic E-state index is 3.54. The van der Waals surface area contributed by atoms with Crippen LogP contribution in [0.1, 0.15) is 9.30 Å². The molecule has 0 fully saturated rings. The summed E-state index contributed by atoms with van der Waals surface area (Å²) in [7, 11) is 0. The molecule has 2 rings (SSSR count). The zero-order valence-corrected chi connectivity index (χ0v) is 12.0. The van der Waals surface area contributed by atoms with Gasteiger partial charge in [-0.05, 0) is 23.1 Å². The van der Waals surface area contributed by atoms with Crippen molar-refractivity contribution in [2.24, 2.45) is 0 Å². The second-order valence-electron chi connectivity index (χ2n) is 2.60. The first-order chi connectivity index (χ1) is 6.20. The maximum Gasteiger partial charge on any atom is 0.0960 e. The van der Waals surface area contributed by atoms with Gasteiger partial charge in [0, 0.05) is 14.6 Å². The summed E-state index contributed by atoms with van der Waals surface area (Å²) in [4.78, 5) is 0. The molecule has 0 bridgehead atoms. The minimum atomic E-state index is 0.231. The number of thiophene rings is 1. The maximum atomic E-state index is 3.54. The molecule has 0 aliphatic rings. The van der Waals surface area contributed by atoms with Crippen LogP contribution in [-0.2, 0) is 0 Å². The fraction of sp³-hybridized carbons (Fsp3) is 0.111. The Morgan fingerprint density at radius 2 is 1.92 bits per heavy atom. The van der Waals surface area contributed by atoms with Crippen LogP contribution < -0.4 is 0 Å². The molecule has 0 N–H and O–H groups in total. The highest BCUT2D eigenvalue weighted by molar-refractivity contribution is 9.24. The van der Waals surface area contributed by atoms with Crippen LogP contribution in [0.15, 0.2) is 28.1 Å². The van der Waals surface area contributed by atoms with Crippen molar-refractivity contribution >= 4 is 69.2 Å². The standard InChI is InChI=1S/C9H5Br3S/c10-7-2-1-6(9(11)12)8-5(7)3-4-13-8/h1-4,9H. The number of rotatable bonds is 1. The van der Waals surface area contributed by atoms with E-state index in [0.717, 1.165) is 4.47 Å². The Labute approximate surface area is 106 Å². The molecule has 0 aliphatic heterocycles. The van der Waals surface area contributed by atoms with Crippen LogP contribution in [-0.4, -0.2) is 0 Å². The highest BCUT2D eigenvalue weighted by Crippen LogP contribution is 2.39. The average molecular weight is 385 g/mol. The van der Waals surface area contributed by atoms with Gasteiger partial charge in [0.2, 0.25) is 0 Å². The molecule has 0 saturated heterocycles. The summed E-state index contributed by atoms with van der Waals surface area (Å²) in [6, 6.07) is 6.34. The molecule has 4 heteroatoms. The molecule has 68 valence electrons. The van der Waals surface area contributed by atoms with Crippen molar-refractivity contribution in [2.75, 3.05) is 0 Å². The first-order valence-corrected chi connectivity index (χ1v) is 7.14. The Balaban J connectivity index is 2.78. The molecule has 0 aliphatic carbocycles. The lowest BCUT2D eigenvalue weighted by Gasteiger charge is -2.04. The van der Waals surface area contributed by atoms with Crippen molar-refractivity contribution in [1.82, 2.24) is 0 Å². The minimum Gasteiger partial charge on any atom is -0.143 e. The van der Waals surface area contributed by atoms with Gasteiger partial charge in [-0.3, -0.25) is 0 Å². The number of fused-ring (bicyclic) bond motifs is 1. The molecule has 0 radical (unpaired) electrons. The summed E-state index contributed by atoms with van der Waals surface area (Å²) >= 11 is 12.3. The Kier molecular flexibility index (Phi) is 3.13. The quantitative estimate of drug-likeness (QED) is 0.573. The van der Waals surface area contributed by atoms with E-state index in [1.807, 2.05) is 0 Å². The molecule has 0 spiro atoms. The van der Waals surface area contributed by atoms with E-state index in [2.05, 4.69) is 71.4 Å². The lowest BCUT2D eigenvalue weighted by molar-refractivity contribution is 1.49. The van der Waals surface area contributed by atoms with Gasteiger partial charge in [-0.2, -0.15) is 0 Å². The van der Waals surface area contributed by atoms with Gasteiger partial charge < -0.3 is 0 Å². The van der Waals surface area contributed by atoms with E-state index in [1.54, 1.807) is 11.3 Å². The van der Waals surface area contributed by atoms with E-state index < -0.39 is 0 Å². The van der Waals surface area contributed by atoms with Crippen LogP contribution in [0.25, 0.3) is 10.1 Å². The molecular formula is C9H5Br3S. The summed E-state index contributed by atoms with van der Waals surface area (Å²) in [5.74, 6) is 0. The van der Waals surface area contributed by atoms with Crippen molar-refractivity contribution in [3.8, 4) is 0 Å². The predicted molar refractivity (Wildman–Crippen MR) is 70.1 cm³/mol. The second kappa shape index (κ2) is 4.01. The van der Waals surface area contributed by atoms with E-state index in [4.69, 9.17) is 0 Å². The van der Waals surface area contributed by atoms with Gasteiger partial charge in [0.1, 0.15) is 0 Å². The zero-order chi connectivity index (χ0) is 9.42. The van der Waals surface area contributed by atoms with E-state index >= 15 is 0 Å². The number of alkyl halides is 2. The van der Waals surface area contributed by atoms with Crippen molar-refractivity contribution in [3.05, 3.63) is 33.6 Å². The van der Waals surface area contributed by atoms with E-state index in [1.165, 1.54) is 15.6 Å². The molecule has 0 atom stereocenters. The van der Waals surface area contributed by atoms with Crippen LogP contribution >= 0.6 is 59.1 Å². The molecular weight excluding hydrogens is 380 g/mol. The van der Waals surface area contributed by atoms with Gasteiger partial charge in [-0.25, -0.2) is 0 Å². The smallest absolute Gasteiger partial charge is 0.0960 e. The van der Waals surface area contributed by atoms with Gasteiger partial charge >= 0.3 is 0 Å². The van der Waals surface area contributed by atoms with Crippen molar-refractivity contribution in [1.29, 1.82) is 0 Å². The van der Waals surface area contributed by atoms with Crippen molar-refractivity contribution < 1.29 is 0 Å². The molecule has 0 nitrogen and oxygen atoms in total. The second-order valence-corrected chi connectivity index (χ2v) is 7.43. The first kappa shape index (κ1) is 10.1. The highest BCUT2D eigenvalue weighted by atomic mass is 79.9. The zero-order valence-electron chi connectivity index (χ0n) is 6.43. The fourth-order valence-electron chi connectivity index (χ4n) is 1.22. The lowest BCUT2D eigenvalue weighted by atomic mass is 10.2. The highest BCUT2D eigenvalue weighted by Gasteiger charge is 2.10. The van der Waals surface area contributed by atoms with Crippen LogP contribution in [0.3, 0.4) is 0 Å². The summed E-state index contributed by atoms with van der Waals surface area (Å²) in [5, 5.41) is 3.40. The summed E-state index contributed by atoms with van der Waals surface area (Å²) in [6.45, 7) is 0. The molecule has 1 aromatic heterocycles. The third-order valence-electron chi connectivity index (χ3n) is 1.83. The Morgan fingerprint density at radius 1 is 1.15 bits per heavy atom. The first-order valence-electron chi connectivity index (χ1n) is 3.64. The van der Waals surface area contributed by atoms with Crippen molar-refractivity contribution in [2.45, 2.75) is 3.74 Å². The monoisotopic (exact) mass is 382 g/mol. The Bertz CT molecular complexity index is 433. The molecule has 1 aromatic carbocycles. The number of hydrogen-bond acceptors (Lipinski definition) is 1. The number of hydrogen-bond donors (Lipinski definition) is 0. The molecule has 2 aromatic rings. The average Bonchev–Trinajstić information content (AvgIpc) is 2.53. The Hall–Kier alpha value is 0.620. The van der Waals surface area contributed by atoms with Crippen LogP contribution in [0.4, 0.5) is 0 Å². The number of benzene rings is 1. The summed E-state index contributed by atoms with van der Waals surface area (Å²) < 4.78 is 2.72. The number of halogens is 3. The lowest BCUT2D eigenvalue weighted by Crippen LogP contribution is -1.80. The summed E-state index contributed by atoms with van der Waals surface area (Å²) in [6.07, 6.45) is 0. The van der Waals surface area contributed by atoms with E-state index in [0.29, 0.717) is 0 Å². The topological polar surface area (TPSA) is 0 Å². The third kappa shape index (κ3) is 1.87. The van der Waals surface area contributed by atoms with E-state index in [-0.39, 0.29) is 3.74 Å². The largest absolute Gasteiger partial charge is 0.143 e. The van der Waals surface area contributed by atoms with Gasteiger partial charge in [-0.1, -0.05) is 53.9 Å². The molecule has 0 amide bonds. The normalized spacial score (nSPS) is 11.4. The van der Waals surface area contributed by atoms with Gasteiger partial charge in [-0.15, -0.1) is 11.3 Å². The van der Waals surface area contributed by atoms with Crippen molar-refractivity contribution in [3.63, 3.8) is 0 Å². The summed E-state index contributed by atoms with van der Waals surface area (Å²) in [5.41, 5.74) is 1.29. The predicted octanol–water partition coefficient (Wildman–Crippen LogP) is 5.45. The van der Waals surface area contributed by atoms with Crippen LogP contribution in [0, 0.1) is 0 Å². The van der Waals surface area contributed by atoms with Crippen LogP contribution in [0.2, 0.25) is 0 Å². The molecule has 0 unspecified atom stereocenters. The molecule has 1 heterocycles. The SMILES string of the molecule is Brc1ccc(C(Br)Br)c2sccc12. The van der Waals surface area contributed by atoms with Gasteiger partial charge in [0.15, 0.2) is 0 Å².